The molecular weight excluding hydrogens is 481 g/mol. The Balaban J connectivity index is 1.76. The van der Waals surface area contributed by atoms with Crippen LogP contribution in [0.15, 0.2) is 59.8 Å². The Morgan fingerprint density at radius 2 is 2.04 bits per heavy atom. The second kappa shape index (κ2) is 7.12. The van der Waals surface area contributed by atoms with E-state index in [9.17, 15) is 9.59 Å². The number of para-hydroxylation sites is 2. The van der Waals surface area contributed by atoms with Gasteiger partial charge < -0.3 is 10.3 Å². The average Bonchev–Trinajstić information content (AvgIpc) is 3.07. The number of nitrogens with one attached hydrogen (secondary N) is 2. The van der Waals surface area contributed by atoms with Gasteiger partial charge in [0, 0.05) is 8.59 Å². The highest BCUT2D eigenvalue weighted by molar-refractivity contribution is 14.1. The minimum absolute atomic E-state index is 0.272. The molecule has 4 rings (SSSR count). The van der Waals surface area contributed by atoms with Crippen LogP contribution in [-0.4, -0.2) is 25.7 Å². The lowest BCUT2D eigenvalue weighted by Crippen LogP contribution is -2.15. The third-order valence-electron chi connectivity index (χ3n) is 3.93. The van der Waals surface area contributed by atoms with Crippen LogP contribution in [-0.2, 0) is 0 Å². The van der Waals surface area contributed by atoms with Crippen molar-refractivity contribution < 1.29 is 4.79 Å². The molecule has 0 fully saturated rings. The quantitative estimate of drug-likeness (QED) is 0.428. The van der Waals surface area contributed by atoms with Crippen molar-refractivity contribution in [2.45, 2.75) is 0 Å². The summed E-state index contributed by atoms with van der Waals surface area (Å²) in [6.07, 6.45) is 2.77. The average molecular weight is 492 g/mol. The zero-order chi connectivity index (χ0) is 19.0. The molecule has 0 saturated heterocycles. The maximum absolute atomic E-state index is 12.7. The van der Waals surface area contributed by atoms with Crippen molar-refractivity contribution in [2.75, 3.05) is 5.32 Å². The number of benzene rings is 2. The van der Waals surface area contributed by atoms with Crippen molar-refractivity contribution in [1.82, 2.24) is 19.7 Å². The number of H-pyrrole nitrogens is 1. The number of aromatic nitrogens is 4. The molecule has 0 aliphatic carbocycles. The minimum Gasteiger partial charge on any atom is -0.320 e. The highest BCUT2D eigenvalue weighted by Crippen LogP contribution is 2.24. The molecule has 7 nitrogen and oxygen atoms in total. The molecule has 0 radical (unpaired) electrons. The molecule has 1 amide bonds. The lowest BCUT2D eigenvalue weighted by Gasteiger charge is -2.12. The van der Waals surface area contributed by atoms with Crippen molar-refractivity contribution in [3.8, 4) is 5.69 Å². The smallest absolute Gasteiger partial charge is 0.261 e. The summed E-state index contributed by atoms with van der Waals surface area (Å²) in [7, 11) is 0. The second-order valence-corrected chi connectivity index (χ2v) is 7.22. The van der Waals surface area contributed by atoms with Gasteiger partial charge in [-0.2, -0.15) is 5.10 Å². The van der Waals surface area contributed by atoms with Gasteiger partial charge in [-0.3, -0.25) is 9.59 Å². The molecule has 0 spiro atoms. The van der Waals surface area contributed by atoms with Gasteiger partial charge >= 0.3 is 0 Å². The van der Waals surface area contributed by atoms with Gasteiger partial charge in [-0.1, -0.05) is 23.7 Å². The molecule has 0 aliphatic rings. The van der Waals surface area contributed by atoms with Crippen molar-refractivity contribution in [3.05, 3.63) is 79.5 Å². The highest BCUT2D eigenvalue weighted by atomic mass is 127. The second-order valence-electron chi connectivity index (χ2n) is 5.62. The maximum atomic E-state index is 12.7. The number of hydrogen-bond donors (Lipinski definition) is 2. The Kier molecular flexibility index (Phi) is 4.66. The van der Waals surface area contributed by atoms with Crippen LogP contribution in [0.3, 0.4) is 0 Å². The number of nitrogens with zero attached hydrogens (tertiary/aromatic N) is 3. The Morgan fingerprint density at radius 1 is 1.22 bits per heavy atom. The van der Waals surface area contributed by atoms with Crippen LogP contribution in [0.2, 0.25) is 5.02 Å². The summed E-state index contributed by atoms with van der Waals surface area (Å²) < 4.78 is 2.26. The van der Waals surface area contributed by atoms with Crippen LogP contribution in [0.25, 0.3) is 16.7 Å². The molecule has 2 aromatic carbocycles. The SMILES string of the molecule is O=C(Nc1ccccc1-n1ncc2c(=O)[nH]cnc21)c1ccc(Cl)cc1I. The normalized spacial score (nSPS) is 10.9. The predicted molar refractivity (Wildman–Crippen MR) is 112 cm³/mol. The van der Waals surface area contributed by atoms with Crippen LogP contribution in [0.1, 0.15) is 10.4 Å². The van der Waals surface area contributed by atoms with Crippen LogP contribution >= 0.6 is 34.2 Å². The van der Waals surface area contributed by atoms with Gasteiger partial charge in [0.15, 0.2) is 5.65 Å². The van der Waals surface area contributed by atoms with Gasteiger partial charge in [0.1, 0.15) is 5.39 Å². The molecule has 4 aromatic rings. The molecule has 134 valence electrons. The van der Waals surface area contributed by atoms with E-state index in [1.54, 1.807) is 36.4 Å². The van der Waals surface area contributed by atoms with Gasteiger partial charge in [-0.15, -0.1) is 0 Å². The first-order valence-corrected chi connectivity index (χ1v) is 9.27. The lowest BCUT2D eigenvalue weighted by molar-refractivity contribution is 0.102. The van der Waals surface area contributed by atoms with Gasteiger partial charge in [0.2, 0.25) is 0 Å². The number of fused-ring (bicyclic) bond motifs is 1. The first-order valence-electron chi connectivity index (χ1n) is 7.82. The Hall–Kier alpha value is -2.72. The number of carbonyl (C=O) groups is 1. The third kappa shape index (κ3) is 3.33. The van der Waals surface area contributed by atoms with E-state index in [1.807, 2.05) is 6.07 Å². The molecule has 0 aliphatic heterocycles. The molecule has 0 atom stereocenters. The molecule has 2 heterocycles. The fourth-order valence-corrected chi connectivity index (χ4v) is 3.78. The lowest BCUT2D eigenvalue weighted by atomic mass is 10.2. The first-order chi connectivity index (χ1) is 13.0. The maximum Gasteiger partial charge on any atom is 0.261 e. The van der Waals surface area contributed by atoms with E-state index in [4.69, 9.17) is 11.6 Å². The molecule has 27 heavy (non-hydrogen) atoms. The summed E-state index contributed by atoms with van der Waals surface area (Å²) >= 11 is 8.03. The summed E-state index contributed by atoms with van der Waals surface area (Å²) in [5.41, 5.74) is 1.78. The first kappa shape index (κ1) is 17.7. The summed E-state index contributed by atoms with van der Waals surface area (Å²) in [6, 6.07) is 12.2. The van der Waals surface area contributed by atoms with Crippen molar-refractivity contribution in [3.63, 3.8) is 0 Å². The van der Waals surface area contributed by atoms with E-state index in [-0.39, 0.29) is 11.5 Å². The third-order valence-corrected chi connectivity index (χ3v) is 5.05. The topological polar surface area (TPSA) is 92.7 Å². The van der Waals surface area contributed by atoms with Gasteiger partial charge in [0.05, 0.1) is 29.5 Å². The Morgan fingerprint density at radius 3 is 2.85 bits per heavy atom. The molecule has 0 saturated carbocycles. The number of aromatic amines is 1. The fourth-order valence-electron chi connectivity index (χ4n) is 2.66. The number of amides is 1. The molecule has 2 aromatic heterocycles. The van der Waals surface area contributed by atoms with E-state index in [0.717, 1.165) is 3.57 Å². The number of carbonyl (C=O) groups excluding carboxylic acids is 1. The molecule has 2 N–H and O–H groups in total. The number of anilines is 1. The fraction of sp³-hybridized carbons (Fsp3) is 0. The molecule has 9 heteroatoms. The summed E-state index contributed by atoms with van der Waals surface area (Å²) in [5, 5.41) is 8.09. The van der Waals surface area contributed by atoms with Crippen LogP contribution in [0, 0.1) is 3.57 Å². The van der Waals surface area contributed by atoms with E-state index in [1.165, 1.54) is 17.2 Å². The van der Waals surface area contributed by atoms with Crippen molar-refractivity contribution in [2.24, 2.45) is 0 Å². The monoisotopic (exact) mass is 491 g/mol. The number of hydrogen-bond acceptors (Lipinski definition) is 4. The molecule has 0 bridgehead atoms. The highest BCUT2D eigenvalue weighted by Gasteiger charge is 2.16. The van der Waals surface area contributed by atoms with Crippen LogP contribution in [0.5, 0.6) is 0 Å². The zero-order valence-electron chi connectivity index (χ0n) is 13.6. The predicted octanol–water partition coefficient (Wildman–Crippen LogP) is 3.62. The van der Waals surface area contributed by atoms with E-state index >= 15 is 0 Å². The van der Waals surface area contributed by atoms with Gasteiger partial charge in [-0.25, -0.2) is 9.67 Å². The minimum atomic E-state index is -0.275. The van der Waals surface area contributed by atoms with Crippen molar-refractivity contribution in [1.29, 1.82) is 0 Å². The van der Waals surface area contributed by atoms with Gasteiger partial charge in [0.25, 0.3) is 11.5 Å². The van der Waals surface area contributed by atoms with E-state index in [0.29, 0.717) is 33.0 Å². The molecular formula is C18H11ClIN5O2. The Labute approximate surface area is 171 Å². The standard InChI is InChI=1S/C18H11ClIN5O2/c19-10-5-6-11(13(20)7-10)18(27)24-14-3-1-2-4-15(14)25-16-12(8-23-25)17(26)22-9-21-16/h1-9H,(H,24,27)(H,21,22,26). The largest absolute Gasteiger partial charge is 0.320 e. The summed E-state index contributed by atoms with van der Waals surface area (Å²) in [5.74, 6) is -0.272. The van der Waals surface area contributed by atoms with E-state index in [2.05, 4.69) is 43.0 Å². The van der Waals surface area contributed by atoms with Crippen LogP contribution in [0.4, 0.5) is 5.69 Å². The van der Waals surface area contributed by atoms with Crippen LogP contribution < -0.4 is 10.9 Å². The van der Waals surface area contributed by atoms with Gasteiger partial charge in [-0.05, 0) is 52.9 Å². The summed E-state index contributed by atoms with van der Waals surface area (Å²) in [6.45, 7) is 0. The summed E-state index contributed by atoms with van der Waals surface area (Å²) in [4.78, 5) is 31.3. The Bertz CT molecular complexity index is 1230. The number of rotatable bonds is 3. The number of halogens is 2. The molecule has 0 unspecified atom stereocenters. The zero-order valence-corrected chi connectivity index (χ0v) is 16.5. The van der Waals surface area contributed by atoms with E-state index < -0.39 is 0 Å². The van der Waals surface area contributed by atoms with Crippen molar-refractivity contribution >= 4 is 56.8 Å².